The summed E-state index contributed by atoms with van der Waals surface area (Å²) in [7, 11) is 1.67. The minimum atomic E-state index is 0.244. The van der Waals surface area contributed by atoms with E-state index in [1.807, 2.05) is 30.3 Å². The highest BCUT2D eigenvalue weighted by Gasteiger charge is 2.23. The van der Waals surface area contributed by atoms with Gasteiger partial charge in [-0.15, -0.1) is 0 Å². The van der Waals surface area contributed by atoms with Gasteiger partial charge in [-0.3, -0.25) is 4.79 Å². The number of Topliss-reactive ketones (excluding diaryl/α,β-unsaturated/α-hetero) is 1. The summed E-state index contributed by atoms with van der Waals surface area (Å²) in [6.07, 6.45) is 1.39. The maximum Gasteiger partial charge on any atom is 0.163 e. The highest BCUT2D eigenvalue weighted by Crippen LogP contribution is 2.37. The number of aromatic nitrogens is 1. The van der Waals surface area contributed by atoms with Crippen LogP contribution in [0.25, 0.3) is 22.2 Å². The van der Waals surface area contributed by atoms with Crippen molar-refractivity contribution in [3.63, 3.8) is 0 Å². The van der Waals surface area contributed by atoms with Gasteiger partial charge in [-0.25, -0.2) is 0 Å². The minimum Gasteiger partial charge on any atom is -0.497 e. The molecular formula is C18H15NO2. The van der Waals surface area contributed by atoms with Gasteiger partial charge >= 0.3 is 0 Å². The first-order valence-corrected chi connectivity index (χ1v) is 7.09. The number of nitrogens with one attached hydrogen (secondary N) is 1. The molecule has 0 amide bonds. The highest BCUT2D eigenvalue weighted by atomic mass is 16.5. The van der Waals surface area contributed by atoms with Gasteiger partial charge in [0.15, 0.2) is 5.78 Å². The first-order valence-electron chi connectivity index (χ1n) is 7.09. The van der Waals surface area contributed by atoms with E-state index < -0.39 is 0 Å². The fraction of sp³-hybridized carbons (Fsp3) is 0.167. The summed E-state index contributed by atoms with van der Waals surface area (Å²) in [5.74, 6) is 1.09. The molecule has 3 aromatic rings. The second-order valence-electron chi connectivity index (χ2n) is 5.36. The Balaban J connectivity index is 1.96. The SMILES string of the molecule is COc1ccc(-c2[nH]c3cccc4c3c2CCC4=O)cc1. The predicted octanol–water partition coefficient (Wildman–Crippen LogP) is 3.97. The molecule has 1 N–H and O–H groups in total. The minimum absolute atomic E-state index is 0.244. The van der Waals surface area contributed by atoms with Crippen LogP contribution >= 0.6 is 0 Å². The van der Waals surface area contributed by atoms with Crippen molar-refractivity contribution in [3.05, 3.63) is 53.6 Å². The third-order valence-corrected chi connectivity index (χ3v) is 4.21. The zero-order valence-corrected chi connectivity index (χ0v) is 11.8. The second kappa shape index (κ2) is 4.48. The number of H-pyrrole nitrogens is 1. The molecule has 1 aromatic heterocycles. The van der Waals surface area contributed by atoms with Crippen LogP contribution in [0.1, 0.15) is 22.3 Å². The molecule has 1 aliphatic carbocycles. The lowest BCUT2D eigenvalue weighted by molar-refractivity contribution is 0.0982. The molecule has 0 fully saturated rings. The third-order valence-electron chi connectivity index (χ3n) is 4.21. The van der Waals surface area contributed by atoms with Crippen LogP contribution in [0.15, 0.2) is 42.5 Å². The van der Waals surface area contributed by atoms with Crippen LogP contribution in [0, 0.1) is 0 Å². The van der Waals surface area contributed by atoms with E-state index in [9.17, 15) is 4.79 Å². The Hall–Kier alpha value is -2.55. The molecule has 2 aromatic carbocycles. The monoisotopic (exact) mass is 277 g/mol. The van der Waals surface area contributed by atoms with E-state index in [0.29, 0.717) is 6.42 Å². The maximum absolute atomic E-state index is 12.1. The first kappa shape index (κ1) is 12.2. The second-order valence-corrected chi connectivity index (χ2v) is 5.36. The number of aromatic amines is 1. The number of carbonyl (C=O) groups is 1. The summed E-state index contributed by atoms with van der Waals surface area (Å²) in [6.45, 7) is 0. The van der Waals surface area contributed by atoms with E-state index >= 15 is 0 Å². The molecule has 4 rings (SSSR count). The number of ether oxygens (including phenoxy) is 1. The molecule has 1 heterocycles. The summed E-state index contributed by atoms with van der Waals surface area (Å²) < 4.78 is 5.21. The number of rotatable bonds is 2. The van der Waals surface area contributed by atoms with Crippen LogP contribution in [0.5, 0.6) is 5.75 Å². The van der Waals surface area contributed by atoms with Crippen molar-refractivity contribution >= 4 is 16.7 Å². The largest absolute Gasteiger partial charge is 0.497 e. The number of benzene rings is 2. The Morgan fingerprint density at radius 2 is 1.86 bits per heavy atom. The maximum atomic E-state index is 12.1. The number of ketones is 1. The van der Waals surface area contributed by atoms with Crippen molar-refractivity contribution in [2.24, 2.45) is 0 Å². The van der Waals surface area contributed by atoms with Crippen LogP contribution in [0.3, 0.4) is 0 Å². The lowest BCUT2D eigenvalue weighted by Gasteiger charge is -2.12. The molecule has 1 aliphatic rings. The van der Waals surface area contributed by atoms with Crippen LogP contribution in [0.2, 0.25) is 0 Å². The summed E-state index contributed by atoms with van der Waals surface area (Å²) in [5.41, 5.74) is 5.39. The zero-order chi connectivity index (χ0) is 14.4. The normalized spacial score (nSPS) is 13.7. The molecule has 0 saturated heterocycles. The summed E-state index contributed by atoms with van der Waals surface area (Å²) in [6, 6.07) is 13.9. The Labute approximate surface area is 122 Å². The number of methoxy groups -OCH3 is 1. The van der Waals surface area contributed by atoms with Gasteiger partial charge in [0, 0.05) is 28.6 Å². The molecule has 0 saturated carbocycles. The van der Waals surface area contributed by atoms with E-state index in [1.54, 1.807) is 7.11 Å². The average molecular weight is 277 g/mol. The van der Waals surface area contributed by atoms with Crippen molar-refractivity contribution < 1.29 is 9.53 Å². The molecule has 0 aliphatic heterocycles. The van der Waals surface area contributed by atoms with E-state index in [0.717, 1.165) is 39.9 Å². The van der Waals surface area contributed by atoms with Gasteiger partial charge in [-0.05, 0) is 47.9 Å². The Kier molecular flexibility index (Phi) is 2.61. The van der Waals surface area contributed by atoms with Crippen LogP contribution in [0.4, 0.5) is 0 Å². The van der Waals surface area contributed by atoms with Crippen molar-refractivity contribution in [2.45, 2.75) is 12.8 Å². The smallest absolute Gasteiger partial charge is 0.163 e. The lowest BCUT2D eigenvalue weighted by atomic mass is 9.89. The van der Waals surface area contributed by atoms with Gasteiger partial charge in [-0.1, -0.05) is 12.1 Å². The van der Waals surface area contributed by atoms with E-state index in [1.165, 1.54) is 5.56 Å². The lowest BCUT2D eigenvalue weighted by Crippen LogP contribution is -2.07. The van der Waals surface area contributed by atoms with Crippen LogP contribution < -0.4 is 4.74 Å². The number of carbonyl (C=O) groups excluding carboxylic acids is 1. The van der Waals surface area contributed by atoms with Gasteiger partial charge in [0.1, 0.15) is 5.75 Å². The molecule has 21 heavy (non-hydrogen) atoms. The predicted molar refractivity (Wildman–Crippen MR) is 82.9 cm³/mol. The molecule has 0 spiro atoms. The Morgan fingerprint density at radius 1 is 1.05 bits per heavy atom. The topological polar surface area (TPSA) is 42.1 Å². The summed E-state index contributed by atoms with van der Waals surface area (Å²) >= 11 is 0. The van der Waals surface area contributed by atoms with Gasteiger partial charge in [0.25, 0.3) is 0 Å². The van der Waals surface area contributed by atoms with E-state index in [-0.39, 0.29) is 5.78 Å². The average Bonchev–Trinajstić information content (AvgIpc) is 2.91. The standard InChI is InChI=1S/C18H15NO2/c1-21-12-7-5-11(6-8-12)18-14-9-10-16(20)13-3-2-4-15(19-18)17(13)14/h2-8,19H,9-10H2,1H3. The van der Waals surface area contributed by atoms with Crippen molar-refractivity contribution in [3.8, 4) is 17.0 Å². The fourth-order valence-electron chi connectivity index (χ4n) is 3.18. The molecule has 0 unspecified atom stereocenters. The first-order chi connectivity index (χ1) is 10.3. The molecule has 0 atom stereocenters. The van der Waals surface area contributed by atoms with E-state index in [4.69, 9.17) is 4.74 Å². The molecule has 3 heteroatoms. The Morgan fingerprint density at radius 3 is 2.62 bits per heavy atom. The summed E-state index contributed by atoms with van der Waals surface area (Å²) in [4.78, 5) is 15.5. The Bertz CT molecular complexity index is 844. The number of hydrogen-bond donors (Lipinski definition) is 1. The molecule has 3 nitrogen and oxygen atoms in total. The van der Waals surface area contributed by atoms with Gasteiger partial charge in [0.2, 0.25) is 0 Å². The quantitative estimate of drug-likeness (QED) is 0.770. The van der Waals surface area contributed by atoms with Gasteiger partial charge in [0.05, 0.1) is 7.11 Å². The molecular weight excluding hydrogens is 262 g/mol. The highest BCUT2D eigenvalue weighted by molar-refractivity contribution is 6.12. The summed E-state index contributed by atoms with van der Waals surface area (Å²) in [5, 5.41) is 1.10. The number of aryl methyl sites for hydroxylation is 1. The van der Waals surface area contributed by atoms with E-state index in [2.05, 4.69) is 17.1 Å². The molecule has 0 radical (unpaired) electrons. The van der Waals surface area contributed by atoms with Gasteiger partial charge in [-0.2, -0.15) is 0 Å². The molecule has 0 bridgehead atoms. The van der Waals surface area contributed by atoms with Crippen molar-refractivity contribution in [1.82, 2.24) is 4.98 Å². The zero-order valence-electron chi connectivity index (χ0n) is 11.8. The number of hydrogen-bond acceptors (Lipinski definition) is 2. The fourth-order valence-corrected chi connectivity index (χ4v) is 3.18. The third kappa shape index (κ3) is 1.77. The molecule has 104 valence electrons. The van der Waals surface area contributed by atoms with Crippen LogP contribution in [-0.4, -0.2) is 17.9 Å². The van der Waals surface area contributed by atoms with Gasteiger partial charge < -0.3 is 9.72 Å². The van der Waals surface area contributed by atoms with Crippen molar-refractivity contribution in [2.75, 3.05) is 7.11 Å². The van der Waals surface area contributed by atoms with Crippen molar-refractivity contribution in [1.29, 1.82) is 0 Å². The van der Waals surface area contributed by atoms with Crippen LogP contribution in [-0.2, 0) is 6.42 Å².